The van der Waals surface area contributed by atoms with Gasteiger partial charge in [0.1, 0.15) is 5.78 Å². The van der Waals surface area contributed by atoms with E-state index in [1.54, 1.807) is 0 Å². The van der Waals surface area contributed by atoms with Gasteiger partial charge in [0.2, 0.25) is 0 Å². The van der Waals surface area contributed by atoms with E-state index in [0.717, 1.165) is 12.0 Å². The molecule has 2 aromatic rings. The molecular formula is C21H24OW. The Bertz CT molecular complexity index is 646. The van der Waals surface area contributed by atoms with Gasteiger partial charge in [0.05, 0.1) is 0 Å². The summed E-state index contributed by atoms with van der Waals surface area (Å²) in [5.74, 6) is 0.508. The molecule has 23 heavy (non-hydrogen) atoms. The van der Waals surface area contributed by atoms with E-state index in [1.165, 1.54) is 22.3 Å². The van der Waals surface area contributed by atoms with E-state index in [1.807, 2.05) is 38.1 Å². The minimum Gasteiger partial charge on any atom is -0.341 e. The van der Waals surface area contributed by atoms with Gasteiger partial charge >= 0.3 is 21.1 Å². The van der Waals surface area contributed by atoms with Crippen molar-refractivity contribution >= 4 is 5.78 Å². The van der Waals surface area contributed by atoms with Crippen LogP contribution < -0.4 is 0 Å². The van der Waals surface area contributed by atoms with Crippen LogP contribution in [0.3, 0.4) is 0 Å². The second-order valence-corrected chi connectivity index (χ2v) is 5.46. The molecule has 0 N–H and O–H groups in total. The van der Waals surface area contributed by atoms with Gasteiger partial charge in [-0.3, -0.25) is 0 Å². The van der Waals surface area contributed by atoms with Crippen molar-refractivity contribution in [2.75, 3.05) is 0 Å². The minimum atomic E-state index is 0. The van der Waals surface area contributed by atoms with Crippen molar-refractivity contribution in [2.45, 2.75) is 46.0 Å². The fourth-order valence-corrected chi connectivity index (χ4v) is 3.24. The van der Waals surface area contributed by atoms with E-state index in [9.17, 15) is 4.79 Å². The summed E-state index contributed by atoms with van der Waals surface area (Å²) in [6.07, 6.45) is 1.90. The van der Waals surface area contributed by atoms with Crippen LogP contribution in [-0.2, 0) is 38.7 Å². The first kappa shape index (κ1) is 19.8. The molecule has 0 aliphatic heterocycles. The molecule has 0 amide bonds. The smallest absolute Gasteiger partial charge is 0.341 e. The van der Waals surface area contributed by atoms with Crippen LogP contribution in [0.2, 0.25) is 0 Å². The molecule has 1 unspecified atom stereocenters. The number of ketones is 1. The van der Waals surface area contributed by atoms with Crippen LogP contribution in [-0.4, -0.2) is 5.78 Å². The first-order chi connectivity index (χ1) is 10.7. The van der Waals surface area contributed by atoms with E-state index in [2.05, 4.69) is 32.0 Å². The molecule has 2 heteroatoms. The Morgan fingerprint density at radius 3 is 2.48 bits per heavy atom. The molecule has 0 heterocycles. The largest absolute Gasteiger partial charge is 2.00 e. The van der Waals surface area contributed by atoms with E-state index in [-0.39, 0.29) is 27.0 Å². The zero-order valence-corrected chi connectivity index (χ0v) is 17.1. The van der Waals surface area contributed by atoms with E-state index in [0.29, 0.717) is 18.6 Å². The van der Waals surface area contributed by atoms with Crippen molar-refractivity contribution in [2.24, 2.45) is 0 Å². The van der Waals surface area contributed by atoms with E-state index in [4.69, 9.17) is 0 Å². The molecule has 0 radical (unpaired) electrons. The molecule has 0 bridgehead atoms. The van der Waals surface area contributed by atoms with Gasteiger partial charge in [-0.25, -0.2) is 0 Å². The Balaban J connectivity index is 0.000000849. The summed E-state index contributed by atoms with van der Waals surface area (Å²) in [7, 11) is 0. The third kappa shape index (κ3) is 4.21. The SMILES string of the molecule is CC.[CH2-]Cc1[c-]cc2c(c1C)C(c1ccccc1)CC(=O)C2.[W+2]. The maximum absolute atomic E-state index is 12.0. The summed E-state index contributed by atoms with van der Waals surface area (Å²) in [6, 6.07) is 15.6. The Hall–Kier alpha value is -1.20. The molecule has 1 aliphatic carbocycles. The zero-order valence-electron chi connectivity index (χ0n) is 14.2. The molecule has 2 aromatic carbocycles. The summed E-state index contributed by atoms with van der Waals surface area (Å²) in [6.45, 7) is 10.1. The second-order valence-electron chi connectivity index (χ2n) is 5.46. The summed E-state index contributed by atoms with van der Waals surface area (Å²) in [5.41, 5.74) is 6.13. The minimum absolute atomic E-state index is 0. The van der Waals surface area contributed by atoms with Crippen LogP contribution in [0.5, 0.6) is 0 Å². The molecule has 0 aromatic heterocycles. The second kappa shape index (κ2) is 9.18. The molecule has 120 valence electrons. The summed E-state index contributed by atoms with van der Waals surface area (Å²) in [5, 5.41) is 0. The number of fused-ring (bicyclic) bond motifs is 1. The van der Waals surface area contributed by atoms with Crippen LogP contribution in [0.25, 0.3) is 0 Å². The first-order valence-corrected chi connectivity index (χ1v) is 8.09. The van der Waals surface area contributed by atoms with Crippen molar-refractivity contribution in [1.29, 1.82) is 0 Å². The van der Waals surface area contributed by atoms with E-state index >= 15 is 0 Å². The van der Waals surface area contributed by atoms with Crippen LogP contribution in [0.1, 0.15) is 54.0 Å². The Labute approximate surface area is 154 Å². The van der Waals surface area contributed by atoms with Crippen molar-refractivity contribution < 1.29 is 25.9 Å². The average Bonchev–Trinajstić information content (AvgIpc) is 2.57. The molecule has 3 rings (SSSR count). The summed E-state index contributed by atoms with van der Waals surface area (Å²) >= 11 is 0. The third-order valence-corrected chi connectivity index (χ3v) is 4.24. The molecule has 1 aliphatic rings. The van der Waals surface area contributed by atoms with Gasteiger partial charge in [-0.05, 0) is 17.9 Å². The Kier molecular flexibility index (Phi) is 7.92. The number of hydrogen-bond donors (Lipinski definition) is 0. The van der Waals surface area contributed by atoms with Gasteiger partial charge in [0.25, 0.3) is 0 Å². The van der Waals surface area contributed by atoms with Crippen molar-refractivity contribution in [3.63, 3.8) is 0 Å². The molecule has 0 spiro atoms. The monoisotopic (exact) mass is 476 g/mol. The molecule has 1 atom stereocenters. The fraction of sp³-hybridized carbons (Fsp3) is 0.333. The molecule has 0 fully saturated rings. The van der Waals surface area contributed by atoms with Crippen LogP contribution >= 0.6 is 0 Å². The maximum Gasteiger partial charge on any atom is 2.00 e. The van der Waals surface area contributed by atoms with Crippen LogP contribution in [0, 0.1) is 19.9 Å². The number of hydrogen-bond acceptors (Lipinski definition) is 1. The van der Waals surface area contributed by atoms with E-state index < -0.39 is 0 Å². The molecular weight excluding hydrogens is 452 g/mol. The Morgan fingerprint density at radius 2 is 1.87 bits per heavy atom. The quantitative estimate of drug-likeness (QED) is 0.567. The van der Waals surface area contributed by atoms with Crippen molar-refractivity contribution in [3.8, 4) is 0 Å². The number of Topliss-reactive ketones (excluding diaryl/α,β-unsaturated/α-hetero) is 1. The maximum atomic E-state index is 12.0. The normalized spacial score (nSPS) is 15.8. The van der Waals surface area contributed by atoms with Gasteiger partial charge in [0, 0.05) is 6.42 Å². The van der Waals surface area contributed by atoms with Gasteiger partial charge in [-0.2, -0.15) is 29.7 Å². The fourth-order valence-electron chi connectivity index (χ4n) is 3.24. The first-order valence-electron chi connectivity index (χ1n) is 8.09. The van der Waals surface area contributed by atoms with Crippen LogP contribution in [0.15, 0.2) is 36.4 Å². The Morgan fingerprint density at radius 1 is 1.22 bits per heavy atom. The number of carbonyl (C=O) groups excluding carboxylic acids is 1. The number of rotatable bonds is 2. The van der Waals surface area contributed by atoms with Gasteiger partial charge in [0.15, 0.2) is 0 Å². The van der Waals surface area contributed by atoms with Crippen molar-refractivity contribution in [1.82, 2.24) is 0 Å². The van der Waals surface area contributed by atoms with Crippen LogP contribution in [0.4, 0.5) is 0 Å². The number of carbonyl (C=O) groups is 1. The number of benzene rings is 2. The van der Waals surface area contributed by atoms with Crippen molar-refractivity contribution in [3.05, 3.63) is 77.2 Å². The zero-order chi connectivity index (χ0) is 16.1. The molecule has 1 nitrogen and oxygen atoms in total. The molecule has 0 saturated carbocycles. The summed E-state index contributed by atoms with van der Waals surface area (Å²) in [4.78, 5) is 12.0. The predicted molar refractivity (Wildman–Crippen MR) is 92.0 cm³/mol. The third-order valence-electron chi connectivity index (χ3n) is 4.24. The van der Waals surface area contributed by atoms with Gasteiger partial charge < -0.3 is 11.7 Å². The van der Waals surface area contributed by atoms with Gasteiger partial charge in [-0.15, -0.1) is 11.1 Å². The standard InChI is InChI=1S/C19H18O.C2H6.W/c1-3-14-9-10-16-11-17(20)12-18(19(16)13(14)2)15-7-5-4-6-8-15;1-2;/h4-8,10,18H,1,3,11-12H2,2H3;1-2H3;/q-2;;+2. The summed E-state index contributed by atoms with van der Waals surface area (Å²) < 4.78 is 0. The van der Waals surface area contributed by atoms with Gasteiger partial charge in [-0.1, -0.05) is 51.1 Å². The average molecular weight is 476 g/mol. The predicted octanol–water partition coefficient (Wildman–Crippen LogP) is 4.84. The molecule has 0 saturated heterocycles. The topological polar surface area (TPSA) is 17.1 Å².